The molecule has 18 heavy (non-hydrogen) atoms. The number of allylic oxidation sites excluding steroid dienone is 1. The zero-order valence-electron chi connectivity index (χ0n) is 11.6. The first-order valence-corrected chi connectivity index (χ1v) is 9.77. The summed E-state index contributed by atoms with van der Waals surface area (Å²) in [5.41, 5.74) is 6.71. The van der Waals surface area contributed by atoms with Gasteiger partial charge in [-0.15, -0.1) is 0 Å². The lowest BCUT2D eigenvalue weighted by atomic mass is 9.99. The van der Waals surface area contributed by atoms with Crippen molar-refractivity contribution in [3.05, 3.63) is 52.6 Å². The maximum atomic E-state index is 2.45. The van der Waals surface area contributed by atoms with Crippen molar-refractivity contribution in [1.29, 1.82) is 0 Å². The molecule has 3 rings (SSSR count). The number of fused-ring (bicyclic) bond motifs is 3. The summed E-state index contributed by atoms with van der Waals surface area (Å²) in [5.74, 6) is 0. The Kier molecular flexibility index (Phi) is 2.67. The summed E-state index contributed by atoms with van der Waals surface area (Å²) in [6.45, 7) is 9.38. The molecule has 0 bridgehead atoms. The smallest absolute Gasteiger partial charge is 0.0439 e. The Morgan fingerprint density at radius 1 is 1.00 bits per heavy atom. The molecule has 0 saturated heterocycles. The molecule has 0 spiro atoms. The van der Waals surface area contributed by atoms with Crippen molar-refractivity contribution < 1.29 is 0 Å². The molecule has 0 heterocycles. The van der Waals surface area contributed by atoms with E-state index < -0.39 is 8.80 Å². The Morgan fingerprint density at radius 2 is 1.78 bits per heavy atom. The van der Waals surface area contributed by atoms with Gasteiger partial charge in [-0.3, -0.25) is 0 Å². The van der Waals surface area contributed by atoms with E-state index in [2.05, 4.69) is 63.3 Å². The Morgan fingerprint density at radius 3 is 2.50 bits per heavy atom. The third-order valence-electron chi connectivity index (χ3n) is 4.11. The highest BCUT2D eigenvalue weighted by atomic mass is 28.3. The molecule has 0 aromatic heterocycles. The van der Waals surface area contributed by atoms with Gasteiger partial charge in [-0.25, -0.2) is 0 Å². The molecule has 0 N–H and O–H groups in total. The third-order valence-corrected chi connectivity index (χ3v) is 6.33. The molecule has 1 atom stereocenters. The predicted molar refractivity (Wildman–Crippen MR) is 84.0 cm³/mol. The summed E-state index contributed by atoms with van der Waals surface area (Å²) in [4.78, 5) is 0. The number of hydrogen-bond donors (Lipinski definition) is 0. The molecule has 1 heteroatoms. The van der Waals surface area contributed by atoms with Crippen molar-refractivity contribution >= 4 is 25.6 Å². The van der Waals surface area contributed by atoms with Crippen LogP contribution in [-0.4, -0.2) is 8.80 Å². The maximum Gasteiger partial charge on any atom is 0.0439 e. The quantitative estimate of drug-likeness (QED) is 0.647. The van der Waals surface area contributed by atoms with E-state index in [1.165, 1.54) is 21.9 Å². The predicted octanol–water partition coefficient (Wildman–Crippen LogP) is 4.67. The normalized spacial score (nSPS) is 18.3. The first-order valence-electron chi connectivity index (χ1n) is 6.79. The highest BCUT2D eigenvalue weighted by Gasteiger charge is 2.26. The summed E-state index contributed by atoms with van der Waals surface area (Å²) in [5, 5.41) is 2.80. The van der Waals surface area contributed by atoms with E-state index in [0.29, 0.717) is 0 Å². The lowest BCUT2D eigenvalue weighted by Crippen LogP contribution is -2.15. The number of aryl methyl sites for hydroxylation is 1. The molecule has 1 aliphatic carbocycles. The van der Waals surface area contributed by atoms with E-state index >= 15 is 0 Å². The van der Waals surface area contributed by atoms with Crippen LogP contribution in [0.15, 0.2) is 35.9 Å². The zero-order chi connectivity index (χ0) is 12.9. The van der Waals surface area contributed by atoms with Crippen molar-refractivity contribution in [2.24, 2.45) is 0 Å². The minimum atomic E-state index is -0.676. The molecular weight excluding hydrogens is 232 g/mol. The van der Waals surface area contributed by atoms with Crippen LogP contribution in [0.1, 0.15) is 29.2 Å². The van der Waals surface area contributed by atoms with E-state index in [1.807, 2.05) is 0 Å². The van der Waals surface area contributed by atoms with Crippen LogP contribution >= 0.6 is 0 Å². The minimum Gasteiger partial charge on any atom is -0.0714 e. The molecule has 2 aromatic rings. The SMILES string of the molecule is CC1=Cc2c(ccc3cc(C)ccc23)C1[SiH](C)C. The molecule has 0 amide bonds. The molecule has 2 aromatic carbocycles. The average Bonchev–Trinajstić information content (AvgIpc) is 2.64. The van der Waals surface area contributed by atoms with Crippen LogP contribution in [0.3, 0.4) is 0 Å². The van der Waals surface area contributed by atoms with Gasteiger partial charge in [-0.1, -0.05) is 60.6 Å². The van der Waals surface area contributed by atoms with Crippen LogP contribution in [0.4, 0.5) is 0 Å². The number of benzene rings is 2. The second kappa shape index (κ2) is 4.10. The summed E-state index contributed by atoms with van der Waals surface area (Å²) >= 11 is 0. The van der Waals surface area contributed by atoms with E-state index in [0.717, 1.165) is 5.54 Å². The van der Waals surface area contributed by atoms with Gasteiger partial charge in [0, 0.05) is 8.80 Å². The molecule has 0 aliphatic heterocycles. The van der Waals surface area contributed by atoms with Crippen LogP contribution < -0.4 is 0 Å². The van der Waals surface area contributed by atoms with E-state index in [9.17, 15) is 0 Å². The van der Waals surface area contributed by atoms with Crippen molar-refractivity contribution in [3.8, 4) is 0 Å². The zero-order valence-corrected chi connectivity index (χ0v) is 12.8. The number of hydrogen-bond acceptors (Lipinski definition) is 0. The average molecular weight is 252 g/mol. The highest BCUT2D eigenvalue weighted by molar-refractivity contribution is 6.58. The molecule has 1 aliphatic rings. The highest BCUT2D eigenvalue weighted by Crippen LogP contribution is 2.41. The largest absolute Gasteiger partial charge is 0.0714 e. The second-order valence-electron chi connectivity index (χ2n) is 5.90. The first-order chi connectivity index (χ1) is 8.58. The van der Waals surface area contributed by atoms with Crippen LogP contribution in [-0.2, 0) is 0 Å². The maximum absolute atomic E-state index is 2.45. The summed E-state index contributed by atoms with van der Waals surface area (Å²) in [7, 11) is -0.676. The van der Waals surface area contributed by atoms with Crippen molar-refractivity contribution in [2.75, 3.05) is 0 Å². The topological polar surface area (TPSA) is 0 Å². The second-order valence-corrected chi connectivity index (χ2v) is 9.06. The molecule has 0 saturated carbocycles. The standard InChI is InChI=1S/C17H20Si/c1-11-5-7-14-13(9-11)6-8-15-16(14)10-12(2)17(15)18(3)4/h5-10,17-18H,1-4H3. The fourth-order valence-electron chi connectivity index (χ4n) is 3.37. The van der Waals surface area contributed by atoms with Crippen LogP contribution in [0.5, 0.6) is 0 Å². The van der Waals surface area contributed by atoms with Crippen LogP contribution in [0.25, 0.3) is 16.8 Å². The van der Waals surface area contributed by atoms with Crippen LogP contribution in [0.2, 0.25) is 13.1 Å². The van der Waals surface area contributed by atoms with Gasteiger partial charge in [0.2, 0.25) is 0 Å². The Bertz CT molecular complexity index is 650. The van der Waals surface area contributed by atoms with Gasteiger partial charge in [0.15, 0.2) is 0 Å². The van der Waals surface area contributed by atoms with Gasteiger partial charge in [-0.05, 0) is 41.3 Å². The molecule has 0 fully saturated rings. The molecule has 92 valence electrons. The van der Waals surface area contributed by atoms with Gasteiger partial charge in [0.25, 0.3) is 0 Å². The molecule has 0 radical (unpaired) electrons. The first kappa shape index (κ1) is 11.7. The van der Waals surface area contributed by atoms with Crippen LogP contribution in [0, 0.1) is 6.92 Å². The van der Waals surface area contributed by atoms with Crippen molar-refractivity contribution in [3.63, 3.8) is 0 Å². The van der Waals surface area contributed by atoms with Gasteiger partial charge in [-0.2, -0.15) is 0 Å². The lowest BCUT2D eigenvalue weighted by Gasteiger charge is -2.18. The third kappa shape index (κ3) is 1.65. The van der Waals surface area contributed by atoms with E-state index in [4.69, 9.17) is 0 Å². The van der Waals surface area contributed by atoms with Crippen molar-refractivity contribution in [1.82, 2.24) is 0 Å². The molecule has 1 unspecified atom stereocenters. The fourth-order valence-corrected chi connectivity index (χ4v) is 5.53. The summed E-state index contributed by atoms with van der Waals surface area (Å²) in [6, 6.07) is 11.5. The molecular formula is C17H20Si. The molecule has 0 nitrogen and oxygen atoms in total. The summed E-state index contributed by atoms with van der Waals surface area (Å²) in [6.07, 6.45) is 2.42. The lowest BCUT2D eigenvalue weighted by molar-refractivity contribution is 1.11. The van der Waals surface area contributed by atoms with Gasteiger partial charge >= 0.3 is 0 Å². The number of rotatable bonds is 1. The van der Waals surface area contributed by atoms with E-state index in [-0.39, 0.29) is 0 Å². The van der Waals surface area contributed by atoms with Crippen molar-refractivity contribution in [2.45, 2.75) is 32.5 Å². The van der Waals surface area contributed by atoms with Gasteiger partial charge < -0.3 is 0 Å². The Balaban J connectivity index is 2.29. The summed E-state index contributed by atoms with van der Waals surface area (Å²) < 4.78 is 0. The van der Waals surface area contributed by atoms with Gasteiger partial charge in [0.1, 0.15) is 0 Å². The Hall–Kier alpha value is -1.34. The monoisotopic (exact) mass is 252 g/mol. The minimum absolute atomic E-state index is 0.676. The Labute approximate surface area is 111 Å². The van der Waals surface area contributed by atoms with Gasteiger partial charge in [0.05, 0.1) is 0 Å². The van der Waals surface area contributed by atoms with E-state index in [1.54, 1.807) is 11.1 Å². The fraction of sp³-hybridized carbons (Fsp3) is 0.294.